The van der Waals surface area contributed by atoms with E-state index in [4.69, 9.17) is 4.74 Å². The molecule has 1 aliphatic heterocycles. The summed E-state index contributed by atoms with van der Waals surface area (Å²) >= 11 is 0. The van der Waals surface area contributed by atoms with Crippen LogP contribution in [0.15, 0.2) is 36.0 Å². The molecule has 0 aromatic heterocycles. The first-order valence-corrected chi connectivity index (χ1v) is 7.43. The van der Waals surface area contributed by atoms with Gasteiger partial charge in [0.2, 0.25) is 0 Å². The fourth-order valence-corrected chi connectivity index (χ4v) is 2.08. The van der Waals surface area contributed by atoms with Gasteiger partial charge < -0.3 is 20.4 Å². The topological polar surface area (TPSA) is 82.7 Å². The molecule has 124 valence electrons. The summed E-state index contributed by atoms with van der Waals surface area (Å²) in [5.41, 5.74) is 7.01. The lowest BCUT2D eigenvalue weighted by Crippen LogP contribution is -2.46. The second-order valence-electron chi connectivity index (χ2n) is 5.35. The number of nitrogens with one attached hydrogen (secondary N) is 3. The zero-order valence-electron chi connectivity index (χ0n) is 13.4. The van der Waals surface area contributed by atoms with Crippen molar-refractivity contribution in [2.45, 2.75) is 13.0 Å². The van der Waals surface area contributed by atoms with E-state index >= 15 is 0 Å². The average Bonchev–Trinajstić information content (AvgIpc) is 2.59. The van der Waals surface area contributed by atoms with Crippen molar-refractivity contribution in [3.8, 4) is 5.75 Å². The average molecular weight is 318 g/mol. The van der Waals surface area contributed by atoms with E-state index in [2.05, 4.69) is 21.1 Å². The van der Waals surface area contributed by atoms with Crippen molar-refractivity contribution in [2.24, 2.45) is 0 Å². The van der Waals surface area contributed by atoms with Gasteiger partial charge in [-0.25, -0.2) is 0 Å². The summed E-state index contributed by atoms with van der Waals surface area (Å²) in [5.74, 6) is -0.645. The standard InChI is InChI=1S/C16H22N4O3/c1-20-9-7-13(8-10-20)18-19-16(22)15(21)17-11-12-3-5-14(23-2)6-4-12/h3-7,18H,8-11H2,1-2H3,(H,17,21)(H,19,22). The molecule has 0 bridgehead atoms. The number of nitrogens with zero attached hydrogens (tertiary/aromatic N) is 1. The molecule has 0 radical (unpaired) electrons. The minimum atomic E-state index is -0.710. The third-order valence-corrected chi connectivity index (χ3v) is 3.57. The summed E-state index contributed by atoms with van der Waals surface area (Å²) in [6.07, 6.45) is 2.79. The first-order chi connectivity index (χ1) is 11.1. The van der Waals surface area contributed by atoms with E-state index in [1.807, 2.05) is 25.3 Å². The Balaban J connectivity index is 1.73. The Bertz CT molecular complexity index is 583. The molecule has 1 aromatic rings. The SMILES string of the molecule is COc1ccc(CNC(=O)C(=O)NNC2=CCN(C)CC2)cc1. The van der Waals surface area contributed by atoms with Crippen molar-refractivity contribution in [2.75, 3.05) is 27.2 Å². The molecular formula is C16H22N4O3. The van der Waals surface area contributed by atoms with Crippen molar-refractivity contribution in [1.82, 2.24) is 21.1 Å². The van der Waals surface area contributed by atoms with E-state index in [0.717, 1.165) is 36.5 Å². The third kappa shape index (κ3) is 5.30. The van der Waals surface area contributed by atoms with Gasteiger partial charge in [0.25, 0.3) is 0 Å². The number of hydrogen-bond donors (Lipinski definition) is 3. The summed E-state index contributed by atoms with van der Waals surface area (Å²) in [7, 11) is 3.62. The normalized spacial score (nSPS) is 14.6. The Kier molecular flexibility index (Phi) is 5.99. The highest BCUT2D eigenvalue weighted by Gasteiger charge is 2.14. The number of carbonyl (C=O) groups excluding carboxylic acids is 2. The molecule has 0 fully saturated rings. The number of hydrogen-bond acceptors (Lipinski definition) is 5. The zero-order valence-corrected chi connectivity index (χ0v) is 13.4. The van der Waals surface area contributed by atoms with Crippen LogP contribution in [0, 0.1) is 0 Å². The zero-order chi connectivity index (χ0) is 16.7. The highest BCUT2D eigenvalue weighted by molar-refractivity contribution is 6.34. The number of likely N-dealkylation sites (N-methyl/N-ethyl adjacent to an activating group) is 1. The molecule has 0 spiro atoms. The summed E-state index contributed by atoms with van der Waals surface area (Å²) in [4.78, 5) is 25.6. The van der Waals surface area contributed by atoms with Crippen molar-refractivity contribution in [3.63, 3.8) is 0 Å². The Labute approximate surface area is 135 Å². The molecular weight excluding hydrogens is 296 g/mol. The van der Waals surface area contributed by atoms with Crippen molar-refractivity contribution < 1.29 is 14.3 Å². The van der Waals surface area contributed by atoms with Gasteiger partial charge in [0.15, 0.2) is 0 Å². The number of benzene rings is 1. The third-order valence-electron chi connectivity index (χ3n) is 3.57. The number of methoxy groups -OCH3 is 1. The number of ether oxygens (including phenoxy) is 1. The molecule has 1 aromatic carbocycles. The largest absolute Gasteiger partial charge is 0.497 e. The van der Waals surface area contributed by atoms with E-state index in [1.54, 1.807) is 19.2 Å². The molecule has 0 saturated carbocycles. The molecule has 0 aliphatic carbocycles. The van der Waals surface area contributed by atoms with Crippen LogP contribution in [0.3, 0.4) is 0 Å². The molecule has 3 N–H and O–H groups in total. The first kappa shape index (κ1) is 16.8. The summed E-state index contributed by atoms with van der Waals surface area (Å²) in [5, 5.41) is 2.57. The molecule has 7 heteroatoms. The molecule has 0 saturated heterocycles. The maximum atomic E-state index is 11.7. The van der Waals surface area contributed by atoms with Crippen LogP contribution in [0.1, 0.15) is 12.0 Å². The van der Waals surface area contributed by atoms with Crippen LogP contribution in [-0.2, 0) is 16.1 Å². The summed E-state index contributed by atoms with van der Waals surface area (Å²) in [6, 6.07) is 7.27. The molecule has 7 nitrogen and oxygen atoms in total. The quantitative estimate of drug-likeness (QED) is 0.532. The highest BCUT2D eigenvalue weighted by Crippen LogP contribution is 2.10. The van der Waals surface area contributed by atoms with Crippen LogP contribution in [0.4, 0.5) is 0 Å². The minimum Gasteiger partial charge on any atom is -0.497 e. The van der Waals surface area contributed by atoms with Gasteiger partial charge in [-0.3, -0.25) is 15.0 Å². The molecule has 0 unspecified atom stereocenters. The van der Waals surface area contributed by atoms with Crippen LogP contribution in [0.2, 0.25) is 0 Å². The number of carbonyl (C=O) groups is 2. The van der Waals surface area contributed by atoms with Crippen molar-refractivity contribution >= 4 is 11.8 Å². The van der Waals surface area contributed by atoms with Crippen LogP contribution < -0.4 is 20.9 Å². The Morgan fingerprint density at radius 1 is 1.22 bits per heavy atom. The maximum Gasteiger partial charge on any atom is 0.327 e. The molecule has 0 atom stereocenters. The first-order valence-electron chi connectivity index (χ1n) is 7.43. The maximum absolute atomic E-state index is 11.7. The fraction of sp³-hybridized carbons (Fsp3) is 0.375. The minimum absolute atomic E-state index is 0.281. The van der Waals surface area contributed by atoms with Crippen LogP contribution in [0.5, 0.6) is 5.75 Å². The predicted octanol–water partition coefficient (Wildman–Crippen LogP) is 0.152. The second-order valence-corrected chi connectivity index (χ2v) is 5.35. The van der Waals surface area contributed by atoms with Gasteiger partial charge >= 0.3 is 11.8 Å². The van der Waals surface area contributed by atoms with Gasteiger partial charge in [-0.15, -0.1) is 0 Å². The van der Waals surface area contributed by atoms with Crippen molar-refractivity contribution in [3.05, 3.63) is 41.6 Å². The molecule has 1 heterocycles. The molecule has 1 aliphatic rings. The lowest BCUT2D eigenvalue weighted by Gasteiger charge is -2.22. The van der Waals surface area contributed by atoms with E-state index in [-0.39, 0.29) is 6.54 Å². The second kappa shape index (κ2) is 8.19. The summed E-state index contributed by atoms with van der Waals surface area (Å²) < 4.78 is 5.06. The van der Waals surface area contributed by atoms with Crippen LogP contribution >= 0.6 is 0 Å². The van der Waals surface area contributed by atoms with Gasteiger partial charge in [0.1, 0.15) is 5.75 Å². The number of rotatable bonds is 5. The van der Waals surface area contributed by atoms with Crippen molar-refractivity contribution in [1.29, 1.82) is 0 Å². The van der Waals surface area contributed by atoms with Gasteiger partial charge in [-0.2, -0.15) is 0 Å². The number of amides is 2. The number of hydrazine groups is 1. The Morgan fingerprint density at radius 3 is 2.57 bits per heavy atom. The fourth-order valence-electron chi connectivity index (χ4n) is 2.08. The van der Waals surface area contributed by atoms with E-state index < -0.39 is 11.8 Å². The molecule has 2 rings (SSSR count). The van der Waals surface area contributed by atoms with Gasteiger partial charge in [-0.05, 0) is 30.8 Å². The molecule has 2 amide bonds. The van der Waals surface area contributed by atoms with Crippen LogP contribution in [-0.4, -0.2) is 44.0 Å². The van der Waals surface area contributed by atoms with E-state index in [9.17, 15) is 9.59 Å². The van der Waals surface area contributed by atoms with Gasteiger partial charge in [0.05, 0.1) is 7.11 Å². The van der Waals surface area contributed by atoms with Crippen LogP contribution in [0.25, 0.3) is 0 Å². The van der Waals surface area contributed by atoms with E-state index in [0.29, 0.717) is 0 Å². The Morgan fingerprint density at radius 2 is 1.96 bits per heavy atom. The Hall–Kier alpha value is -2.54. The molecule has 23 heavy (non-hydrogen) atoms. The van der Waals surface area contributed by atoms with Gasteiger partial charge in [-0.1, -0.05) is 12.1 Å². The monoisotopic (exact) mass is 318 g/mol. The summed E-state index contributed by atoms with van der Waals surface area (Å²) in [6.45, 7) is 2.02. The van der Waals surface area contributed by atoms with E-state index in [1.165, 1.54) is 0 Å². The highest BCUT2D eigenvalue weighted by atomic mass is 16.5. The smallest absolute Gasteiger partial charge is 0.327 e. The van der Waals surface area contributed by atoms with Gasteiger partial charge in [0, 0.05) is 31.8 Å². The lowest BCUT2D eigenvalue weighted by molar-refractivity contribution is -0.139. The predicted molar refractivity (Wildman–Crippen MR) is 86.3 cm³/mol. The lowest BCUT2D eigenvalue weighted by atomic mass is 10.2.